The van der Waals surface area contributed by atoms with E-state index in [1.165, 1.54) is 6.42 Å². The first kappa shape index (κ1) is 14.9. The van der Waals surface area contributed by atoms with Gasteiger partial charge in [0, 0.05) is 19.5 Å². The van der Waals surface area contributed by atoms with E-state index in [0.29, 0.717) is 19.0 Å². The molecule has 0 aromatic heterocycles. The molecule has 20 heavy (non-hydrogen) atoms. The summed E-state index contributed by atoms with van der Waals surface area (Å²) in [5.41, 5.74) is 6.75. The van der Waals surface area contributed by atoms with Crippen molar-refractivity contribution in [1.82, 2.24) is 4.90 Å². The smallest absolute Gasteiger partial charge is 0.226 e. The normalized spacial score (nSPS) is 22.5. The van der Waals surface area contributed by atoms with Crippen molar-refractivity contribution in [3.63, 3.8) is 0 Å². The van der Waals surface area contributed by atoms with Gasteiger partial charge in [-0.3, -0.25) is 4.79 Å². The Morgan fingerprint density at radius 1 is 1.40 bits per heavy atom. The summed E-state index contributed by atoms with van der Waals surface area (Å²) < 4.78 is 0. The van der Waals surface area contributed by atoms with Crippen molar-refractivity contribution in [2.24, 2.45) is 17.6 Å². The van der Waals surface area contributed by atoms with E-state index in [1.807, 2.05) is 13.1 Å². The Morgan fingerprint density at radius 2 is 2.15 bits per heavy atom. The minimum atomic E-state index is 0.0658. The quantitative estimate of drug-likeness (QED) is 0.885. The zero-order valence-corrected chi connectivity index (χ0v) is 12.1. The molecule has 1 amide bonds. The minimum absolute atomic E-state index is 0.0658. The number of phenols is 1. The molecule has 2 rings (SSSR count). The molecule has 0 aliphatic heterocycles. The van der Waals surface area contributed by atoms with Crippen LogP contribution in [-0.4, -0.2) is 29.5 Å². The third-order valence-corrected chi connectivity index (χ3v) is 4.24. The topological polar surface area (TPSA) is 66.6 Å². The van der Waals surface area contributed by atoms with Crippen LogP contribution in [0, 0.1) is 11.8 Å². The second kappa shape index (κ2) is 6.75. The summed E-state index contributed by atoms with van der Waals surface area (Å²) in [7, 11) is 1.83. The number of hydrogen-bond acceptors (Lipinski definition) is 3. The number of amides is 1. The number of nitrogens with two attached hydrogens (primary N) is 1. The Hall–Kier alpha value is -1.55. The molecule has 0 bridgehead atoms. The standard InChI is InChI=1S/C16H24N2O2/c1-18(11-12-5-4-7-14(19)9-12)16(20)15-8-3-2-6-13(15)10-17/h4-5,7,9,13,15,19H,2-3,6,8,10-11,17H2,1H3. The summed E-state index contributed by atoms with van der Waals surface area (Å²) in [4.78, 5) is 14.3. The van der Waals surface area contributed by atoms with E-state index in [1.54, 1.807) is 23.1 Å². The van der Waals surface area contributed by atoms with Gasteiger partial charge in [-0.2, -0.15) is 0 Å². The first-order chi connectivity index (χ1) is 9.61. The molecule has 1 saturated carbocycles. The molecule has 3 N–H and O–H groups in total. The van der Waals surface area contributed by atoms with Gasteiger partial charge in [0.15, 0.2) is 0 Å². The molecular weight excluding hydrogens is 252 g/mol. The summed E-state index contributed by atoms with van der Waals surface area (Å²) in [6, 6.07) is 7.05. The highest BCUT2D eigenvalue weighted by atomic mass is 16.3. The third-order valence-electron chi connectivity index (χ3n) is 4.24. The summed E-state index contributed by atoms with van der Waals surface area (Å²) in [5.74, 6) is 0.809. The van der Waals surface area contributed by atoms with E-state index in [2.05, 4.69) is 0 Å². The molecule has 0 spiro atoms. The number of carbonyl (C=O) groups excluding carboxylic acids is 1. The lowest BCUT2D eigenvalue weighted by Gasteiger charge is -2.32. The predicted molar refractivity (Wildman–Crippen MR) is 79.1 cm³/mol. The molecule has 0 radical (unpaired) electrons. The van der Waals surface area contributed by atoms with E-state index in [-0.39, 0.29) is 17.6 Å². The monoisotopic (exact) mass is 276 g/mol. The summed E-state index contributed by atoms with van der Waals surface area (Å²) in [6.07, 6.45) is 4.31. The van der Waals surface area contributed by atoms with Crippen molar-refractivity contribution in [2.45, 2.75) is 32.2 Å². The molecule has 1 aromatic carbocycles. The molecule has 2 atom stereocenters. The Balaban J connectivity index is 2.00. The molecule has 0 heterocycles. The molecule has 110 valence electrons. The van der Waals surface area contributed by atoms with Crippen LogP contribution in [0.15, 0.2) is 24.3 Å². The van der Waals surface area contributed by atoms with Gasteiger partial charge >= 0.3 is 0 Å². The van der Waals surface area contributed by atoms with Gasteiger partial charge in [0.05, 0.1) is 0 Å². The molecule has 4 nitrogen and oxygen atoms in total. The van der Waals surface area contributed by atoms with Gasteiger partial charge in [0.1, 0.15) is 5.75 Å². The van der Waals surface area contributed by atoms with Gasteiger partial charge in [0.2, 0.25) is 5.91 Å². The van der Waals surface area contributed by atoms with Gasteiger partial charge in [0.25, 0.3) is 0 Å². The average molecular weight is 276 g/mol. The Labute approximate surface area is 120 Å². The van der Waals surface area contributed by atoms with Crippen LogP contribution in [-0.2, 0) is 11.3 Å². The predicted octanol–water partition coefficient (Wildman–Crippen LogP) is 2.12. The number of phenolic OH excluding ortho intramolecular Hbond substituents is 1. The molecule has 4 heteroatoms. The number of rotatable bonds is 4. The molecular formula is C16H24N2O2. The first-order valence-corrected chi connectivity index (χ1v) is 7.34. The lowest BCUT2D eigenvalue weighted by molar-refractivity contribution is -0.137. The fraction of sp³-hybridized carbons (Fsp3) is 0.562. The van der Waals surface area contributed by atoms with Crippen LogP contribution in [0.3, 0.4) is 0 Å². The minimum Gasteiger partial charge on any atom is -0.508 e. The van der Waals surface area contributed by atoms with Crippen molar-refractivity contribution in [3.8, 4) is 5.75 Å². The number of hydrogen-bond donors (Lipinski definition) is 2. The maximum absolute atomic E-state index is 12.6. The molecule has 1 fully saturated rings. The number of nitrogens with zero attached hydrogens (tertiary/aromatic N) is 1. The van der Waals surface area contributed by atoms with Crippen LogP contribution in [0.2, 0.25) is 0 Å². The number of carbonyl (C=O) groups is 1. The highest BCUT2D eigenvalue weighted by Gasteiger charge is 2.31. The Kier molecular flexibility index (Phi) is 5.01. The summed E-state index contributed by atoms with van der Waals surface area (Å²) in [5, 5.41) is 9.47. The summed E-state index contributed by atoms with van der Waals surface area (Å²) in [6.45, 7) is 1.12. The Morgan fingerprint density at radius 3 is 2.85 bits per heavy atom. The highest BCUT2D eigenvalue weighted by molar-refractivity contribution is 5.79. The lowest BCUT2D eigenvalue weighted by Crippen LogP contribution is -2.40. The zero-order valence-electron chi connectivity index (χ0n) is 12.1. The van der Waals surface area contributed by atoms with Crippen LogP contribution in [0.1, 0.15) is 31.2 Å². The van der Waals surface area contributed by atoms with Crippen LogP contribution in [0.25, 0.3) is 0 Å². The van der Waals surface area contributed by atoms with E-state index in [9.17, 15) is 9.90 Å². The van der Waals surface area contributed by atoms with Gasteiger partial charge in [-0.15, -0.1) is 0 Å². The maximum atomic E-state index is 12.6. The van der Waals surface area contributed by atoms with Crippen molar-refractivity contribution in [1.29, 1.82) is 0 Å². The lowest BCUT2D eigenvalue weighted by atomic mass is 9.78. The van der Waals surface area contributed by atoms with Gasteiger partial charge in [-0.1, -0.05) is 25.0 Å². The van der Waals surface area contributed by atoms with E-state index >= 15 is 0 Å². The fourth-order valence-corrected chi connectivity index (χ4v) is 3.10. The Bertz CT molecular complexity index is 462. The largest absolute Gasteiger partial charge is 0.508 e. The van der Waals surface area contributed by atoms with Gasteiger partial charge in [-0.25, -0.2) is 0 Å². The second-order valence-electron chi connectivity index (χ2n) is 5.75. The maximum Gasteiger partial charge on any atom is 0.226 e. The average Bonchev–Trinajstić information content (AvgIpc) is 2.46. The summed E-state index contributed by atoms with van der Waals surface area (Å²) >= 11 is 0. The van der Waals surface area contributed by atoms with E-state index in [0.717, 1.165) is 24.8 Å². The second-order valence-corrected chi connectivity index (χ2v) is 5.75. The molecule has 1 aromatic rings. The van der Waals surface area contributed by atoms with Crippen molar-refractivity contribution < 1.29 is 9.90 Å². The van der Waals surface area contributed by atoms with E-state index in [4.69, 9.17) is 5.73 Å². The molecule has 1 aliphatic rings. The van der Waals surface area contributed by atoms with Crippen molar-refractivity contribution in [2.75, 3.05) is 13.6 Å². The molecule has 1 aliphatic carbocycles. The van der Waals surface area contributed by atoms with Crippen LogP contribution in [0.4, 0.5) is 0 Å². The molecule has 2 unspecified atom stereocenters. The van der Waals surface area contributed by atoms with Gasteiger partial charge in [-0.05, 0) is 43.0 Å². The van der Waals surface area contributed by atoms with Crippen LogP contribution in [0.5, 0.6) is 5.75 Å². The SMILES string of the molecule is CN(Cc1cccc(O)c1)C(=O)C1CCCCC1CN. The van der Waals surface area contributed by atoms with Crippen LogP contribution < -0.4 is 5.73 Å². The van der Waals surface area contributed by atoms with E-state index < -0.39 is 0 Å². The molecule has 0 saturated heterocycles. The third kappa shape index (κ3) is 3.51. The number of benzene rings is 1. The first-order valence-electron chi connectivity index (χ1n) is 7.34. The number of aromatic hydroxyl groups is 1. The van der Waals surface area contributed by atoms with Crippen molar-refractivity contribution >= 4 is 5.91 Å². The fourth-order valence-electron chi connectivity index (χ4n) is 3.10. The highest BCUT2D eigenvalue weighted by Crippen LogP contribution is 2.31. The van der Waals surface area contributed by atoms with Gasteiger partial charge < -0.3 is 15.7 Å². The van der Waals surface area contributed by atoms with Crippen LogP contribution >= 0.6 is 0 Å². The zero-order chi connectivity index (χ0) is 14.5. The van der Waals surface area contributed by atoms with Crippen molar-refractivity contribution in [3.05, 3.63) is 29.8 Å².